The minimum atomic E-state index is 0.215. The van der Waals surface area contributed by atoms with Gasteiger partial charge in [-0.25, -0.2) is 4.98 Å². The van der Waals surface area contributed by atoms with Gasteiger partial charge in [-0.15, -0.1) is 11.3 Å². The van der Waals surface area contributed by atoms with Crippen LogP contribution in [0.3, 0.4) is 0 Å². The average Bonchev–Trinajstić information content (AvgIpc) is 2.84. The van der Waals surface area contributed by atoms with Crippen LogP contribution < -0.4 is 5.32 Å². The highest BCUT2D eigenvalue weighted by Gasteiger charge is 2.11. The molecule has 2 heterocycles. The molecule has 0 aliphatic rings. The summed E-state index contributed by atoms with van der Waals surface area (Å²) in [5.74, 6) is 0.267. The largest absolute Gasteiger partial charge is 0.396 e. The number of fused-ring (bicyclic) bond motifs is 1. The Morgan fingerprint density at radius 3 is 3.06 bits per heavy atom. The quantitative estimate of drug-likeness (QED) is 0.831. The van der Waals surface area contributed by atoms with Crippen molar-refractivity contribution in [3.8, 4) is 0 Å². The molecule has 2 aromatic rings. The van der Waals surface area contributed by atoms with Gasteiger partial charge in [0.05, 0.1) is 5.69 Å². The summed E-state index contributed by atoms with van der Waals surface area (Å²) in [7, 11) is 0. The number of rotatable bonds is 5. The molecule has 4 nitrogen and oxygen atoms in total. The molecular weight excluding hydrogens is 222 g/mol. The molecule has 0 fully saturated rings. The summed E-state index contributed by atoms with van der Waals surface area (Å²) < 4.78 is 2.03. The second-order valence-corrected chi connectivity index (χ2v) is 5.03. The molecule has 2 atom stereocenters. The number of imidazole rings is 1. The van der Waals surface area contributed by atoms with Crippen LogP contribution in [0.25, 0.3) is 4.96 Å². The smallest absolute Gasteiger partial charge is 0.193 e. The van der Waals surface area contributed by atoms with Crippen LogP contribution in [0.15, 0.2) is 17.8 Å². The van der Waals surface area contributed by atoms with Crippen LogP contribution >= 0.6 is 11.3 Å². The highest BCUT2D eigenvalue weighted by atomic mass is 32.1. The Hall–Kier alpha value is -0.910. The summed E-state index contributed by atoms with van der Waals surface area (Å²) in [5.41, 5.74) is 1.05. The first kappa shape index (κ1) is 11.6. The number of thiazole rings is 1. The lowest BCUT2D eigenvalue weighted by molar-refractivity contribution is 0.207. The molecule has 16 heavy (non-hydrogen) atoms. The van der Waals surface area contributed by atoms with Crippen LogP contribution in [-0.2, 0) is 6.54 Å². The maximum atomic E-state index is 9.03. The van der Waals surface area contributed by atoms with Crippen molar-refractivity contribution in [1.29, 1.82) is 0 Å². The van der Waals surface area contributed by atoms with Crippen molar-refractivity contribution >= 4 is 16.3 Å². The van der Waals surface area contributed by atoms with E-state index in [-0.39, 0.29) is 12.5 Å². The molecular formula is C11H17N3OS. The Labute approximate surface area is 98.9 Å². The fourth-order valence-electron chi connectivity index (χ4n) is 1.49. The zero-order valence-corrected chi connectivity index (χ0v) is 10.4. The zero-order valence-electron chi connectivity index (χ0n) is 9.55. The number of nitrogens with one attached hydrogen (secondary N) is 1. The minimum Gasteiger partial charge on any atom is -0.396 e. The van der Waals surface area contributed by atoms with E-state index >= 15 is 0 Å². The lowest BCUT2D eigenvalue weighted by Gasteiger charge is -2.18. The first-order chi connectivity index (χ1) is 7.70. The summed E-state index contributed by atoms with van der Waals surface area (Å²) in [6.07, 6.45) is 4.05. The van der Waals surface area contributed by atoms with Crippen molar-refractivity contribution in [1.82, 2.24) is 14.7 Å². The molecule has 0 saturated carbocycles. The Morgan fingerprint density at radius 2 is 2.38 bits per heavy atom. The van der Waals surface area contributed by atoms with Gasteiger partial charge < -0.3 is 10.4 Å². The lowest BCUT2D eigenvalue weighted by atomic mass is 10.1. The first-order valence-corrected chi connectivity index (χ1v) is 6.34. The minimum absolute atomic E-state index is 0.215. The zero-order chi connectivity index (χ0) is 11.5. The Balaban J connectivity index is 1.93. The molecule has 0 radical (unpaired) electrons. The van der Waals surface area contributed by atoms with Crippen molar-refractivity contribution in [3.63, 3.8) is 0 Å². The average molecular weight is 239 g/mol. The maximum Gasteiger partial charge on any atom is 0.193 e. The van der Waals surface area contributed by atoms with Gasteiger partial charge in [0.1, 0.15) is 0 Å². The first-order valence-electron chi connectivity index (χ1n) is 5.46. The number of hydrogen-bond acceptors (Lipinski definition) is 4. The third kappa shape index (κ3) is 2.42. The number of hydrogen-bond donors (Lipinski definition) is 2. The molecule has 2 N–H and O–H groups in total. The predicted octanol–water partition coefficient (Wildman–Crippen LogP) is 1.50. The molecule has 0 saturated heterocycles. The van der Waals surface area contributed by atoms with Gasteiger partial charge in [0.2, 0.25) is 0 Å². The molecule has 0 amide bonds. The molecule has 0 aromatic carbocycles. The van der Waals surface area contributed by atoms with Gasteiger partial charge in [-0.05, 0) is 12.8 Å². The maximum absolute atomic E-state index is 9.03. The Morgan fingerprint density at radius 1 is 1.56 bits per heavy atom. The van der Waals surface area contributed by atoms with E-state index < -0.39 is 0 Å². The van der Waals surface area contributed by atoms with Crippen molar-refractivity contribution < 1.29 is 5.11 Å². The van der Waals surface area contributed by atoms with E-state index in [2.05, 4.69) is 17.2 Å². The van der Waals surface area contributed by atoms with Crippen LogP contribution in [0.2, 0.25) is 0 Å². The highest BCUT2D eigenvalue weighted by molar-refractivity contribution is 7.15. The lowest BCUT2D eigenvalue weighted by Crippen LogP contribution is -2.33. The van der Waals surface area contributed by atoms with E-state index in [1.165, 1.54) is 0 Å². The van der Waals surface area contributed by atoms with E-state index in [4.69, 9.17) is 5.11 Å². The molecule has 0 aliphatic carbocycles. The third-order valence-corrected chi connectivity index (χ3v) is 3.66. The van der Waals surface area contributed by atoms with Crippen molar-refractivity contribution in [2.45, 2.75) is 26.4 Å². The third-order valence-electron chi connectivity index (χ3n) is 2.89. The predicted molar refractivity (Wildman–Crippen MR) is 65.6 cm³/mol. The molecule has 0 aliphatic heterocycles. The second-order valence-electron chi connectivity index (χ2n) is 4.15. The SMILES string of the molecule is CC(CO)C(C)NCc1cn2ccsc2n1. The van der Waals surface area contributed by atoms with E-state index in [0.717, 1.165) is 17.2 Å². The van der Waals surface area contributed by atoms with Crippen molar-refractivity contribution in [2.75, 3.05) is 6.61 Å². The highest BCUT2D eigenvalue weighted by Crippen LogP contribution is 2.11. The Kier molecular flexibility index (Phi) is 3.58. The molecule has 88 valence electrons. The van der Waals surface area contributed by atoms with Gasteiger partial charge in [-0.1, -0.05) is 6.92 Å². The number of aliphatic hydroxyl groups is 1. The van der Waals surface area contributed by atoms with Gasteiger partial charge >= 0.3 is 0 Å². The molecule has 2 unspecified atom stereocenters. The summed E-state index contributed by atoms with van der Waals surface area (Å²) in [5, 5.41) is 14.4. The summed E-state index contributed by atoms with van der Waals surface area (Å²) in [6.45, 7) is 5.08. The van der Waals surface area contributed by atoms with E-state index in [1.54, 1.807) is 11.3 Å². The standard InChI is InChI=1S/C11H17N3OS/c1-8(7-15)9(2)12-5-10-6-14-3-4-16-11(14)13-10/h3-4,6,8-9,12,15H,5,7H2,1-2H3. The van der Waals surface area contributed by atoms with Crippen LogP contribution in [0.1, 0.15) is 19.5 Å². The van der Waals surface area contributed by atoms with Crippen LogP contribution in [0, 0.1) is 5.92 Å². The number of nitrogens with zero attached hydrogens (tertiary/aromatic N) is 2. The molecule has 2 rings (SSSR count). The van der Waals surface area contributed by atoms with Gasteiger partial charge in [0.15, 0.2) is 4.96 Å². The molecule has 5 heteroatoms. The normalized spacial score (nSPS) is 15.4. The monoisotopic (exact) mass is 239 g/mol. The molecule has 0 spiro atoms. The topological polar surface area (TPSA) is 49.6 Å². The second kappa shape index (κ2) is 4.95. The van der Waals surface area contributed by atoms with E-state index in [1.807, 2.05) is 29.1 Å². The van der Waals surface area contributed by atoms with Crippen LogP contribution in [0.5, 0.6) is 0 Å². The summed E-state index contributed by atoms with van der Waals surface area (Å²) >= 11 is 1.64. The summed E-state index contributed by atoms with van der Waals surface area (Å²) in [6, 6.07) is 0.296. The van der Waals surface area contributed by atoms with E-state index in [0.29, 0.717) is 6.04 Å². The van der Waals surface area contributed by atoms with Gasteiger partial charge in [-0.3, -0.25) is 4.40 Å². The van der Waals surface area contributed by atoms with Crippen LogP contribution in [-0.4, -0.2) is 27.1 Å². The molecule has 0 bridgehead atoms. The van der Waals surface area contributed by atoms with Gasteiger partial charge in [-0.2, -0.15) is 0 Å². The fraction of sp³-hybridized carbons (Fsp3) is 0.545. The van der Waals surface area contributed by atoms with E-state index in [9.17, 15) is 0 Å². The van der Waals surface area contributed by atoms with Crippen LogP contribution in [0.4, 0.5) is 0 Å². The number of aromatic nitrogens is 2. The fourth-order valence-corrected chi connectivity index (χ4v) is 2.21. The van der Waals surface area contributed by atoms with Crippen molar-refractivity contribution in [3.05, 3.63) is 23.5 Å². The molecule has 2 aromatic heterocycles. The Bertz CT molecular complexity index is 422. The number of aliphatic hydroxyl groups excluding tert-OH is 1. The van der Waals surface area contributed by atoms with Crippen molar-refractivity contribution in [2.24, 2.45) is 5.92 Å². The van der Waals surface area contributed by atoms with Gasteiger partial charge in [0.25, 0.3) is 0 Å². The van der Waals surface area contributed by atoms with Gasteiger partial charge in [0, 0.05) is 37.0 Å². The summed E-state index contributed by atoms with van der Waals surface area (Å²) in [4.78, 5) is 5.51.